The number of hydrogen-bond donors (Lipinski definition) is 1. The van der Waals surface area contributed by atoms with Crippen molar-refractivity contribution >= 4 is 17.2 Å². The number of hydrogen-bond acceptors (Lipinski definition) is 3. The highest BCUT2D eigenvalue weighted by Gasteiger charge is 2.04. The lowest BCUT2D eigenvalue weighted by Crippen LogP contribution is -2.11. The van der Waals surface area contributed by atoms with Gasteiger partial charge in [-0.05, 0) is 36.8 Å². The van der Waals surface area contributed by atoms with Crippen molar-refractivity contribution in [2.24, 2.45) is 5.73 Å². The summed E-state index contributed by atoms with van der Waals surface area (Å²) in [5.74, 6) is 0.611. The monoisotopic (exact) mass is 262 g/mol. The van der Waals surface area contributed by atoms with Gasteiger partial charge in [0.1, 0.15) is 22.2 Å². The second-order valence-electron chi connectivity index (χ2n) is 3.74. The lowest BCUT2D eigenvalue weighted by atomic mass is 10.2. The van der Waals surface area contributed by atoms with Gasteiger partial charge < -0.3 is 10.5 Å². The molecule has 1 aromatic carbocycles. The van der Waals surface area contributed by atoms with E-state index in [0.717, 1.165) is 0 Å². The third-order valence-corrected chi connectivity index (χ3v) is 2.54. The first-order chi connectivity index (χ1) is 8.56. The van der Waals surface area contributed by atoms with E-state index in [1.165, 1.54) is 12.1 Å². The fourth-order valence-electron chi connectivity index (χ4n) is 1.41. The van der Waals surface area contributed by atoms with Crippen LogP contribution in [0.2, 0.25) is 0 Å². The summed E-state index contributed by atoms with van der Waals surface area (Å²) in [6.07, 6.45) is 0. The van der Waals surface area contributed by atoms with Crippen molar-refractivity contribution < 1.29 is 9.13 Å². The van der Waals surface area contributed by atoms with Crippen LogP contribution in [0.3, 0.4) is 0 Å². The average molecular weight is 262 g/mol. The van der Waals surface area contributed by atoms with E-state index in [4.69, 9.17) is 22.7 Å². The van der Waals surface area contributed by atoms with Crippen LogP contribution in [0.25, 0.3) is 0 Å². The third kappa shape index (κ3) is 2.81. The predicted molar refractivity (Wildman–Crippen MR) is 71.3 cm³/mol. The molecule has 2 rings (SSSR count). The van der Waals surface area contributed by atoms with Crippen LogP contribution in [0.4, 0.5) is 4.39 Å². The molecule has 1 heterocycles. The zero-order valence-electron chi connectivity index (χ0n) is 9.68. The Hall–Kier alpha value is -2.01. The molecule has 18 heavy (non-hydrogen) atoms. The van der Waals surface area contributed by atoms with Crippen molar-refractivity contribution in [1.82, 2.24) is 4.98 Å². The van der Waals surface area contributed by atoms with Crippen LogP contribution >= 0.6 is 12.2 Å². The van der Waals surface area contributed by atoms with Gasteiger partial charge in [-0.25, -0.2) is 9.37 Å². The third-order valence-electron chi connectivity index (χ3n) is 2.33. The Bertz CT molecular complexity index is 601. The van der Waals surface area contributed by atoms with E-state index in [1.807, 2.05) is 0 Å². The number of thiocarbonyl (C=S) groups is 1. The SMILES string of the molecule is Cc1cc(Oc2cccc(C(N)=S)n2)ccc1F. The van der Waals surface area contributed by atoms with Crippen molar-refractivity contribution in [1.29, 1.82) is 0 Å². The minimum atomic E-state index is -0.271. The van der Waals surface area contributed by atoms with Crippen LogP contribution in [-0.4, -0.2) is 9.97 Å². The number of ether oxygens (including phenoxy) is 1. The Morgan fingerprint density at radius 1 is 1.33 bits per heavy atom. The first kappa shape index (κ1) is 12.4. The van der Waals surface area contributed by atoms with Crippen LogP contribution in [0, 0.1) is 12.7 Å². The quantitative estimate of drug-likeness (QED) is 0.864. The van der Waals surface area contributed by atoms with Gasteiger partial charge in [0.25, 0.3) is 0 Å². The molecule has 0 unspecified atom stereocenters. The first-order valence-corrected chi connectivity index (χ1v) is 5.68. The molecule has 0 fully saturated rings. The summed E-state index contributed by atoms with van der Waals surface area (Å²) in [6, 6.07) is 9.61. The Morgan fingerprint density at radius 2 is 2.11 bits per heavy atom. The van der Waals surface area contributed by atoms with Gasteiger partial charge in [0.2, 0.25) is 5.88 Å². The normalized spacial score (nSPS) is 10.1. The number of rotatable bonds is 3. The molecule has 0 radical (unpaired) electrons. The van der Waals surface area contributed by atoms with Crippen molar-refractivity contribution in [3.05, 3.63) is 53.5 Å². The second-order valence-corrected chi connectivity index (χ2v) is 4.18. The zero-order chi connectivity index (χ0) is 13.1. The molecule has 3 nitrogen and oxygen atoms in total. The molecule has 2 N–H and O–H groups in total. The summed E-state index contributed by atoms with van der Waals surface area (Å²) >= 11 is 4.83. The molecule has 0 saturated heterocycles. The van der Waals surface area contributed by atoms with E-state index in [0.29, 0.717) is 22.9 Å². The maximum Gasteiger partial charge on any atom is 0.219 e. The Labute approximate surface area is 109 Å². The molecule has 0 amide bonds. The summed E-state index contributed by atoms with van der Waals surface area (Å²) in [6.45, 7) is 1.67. The number of nitrogens with two attached hydrogens (primary N) is 1. The largest absolute Gasteiger partial charge is 0.439 e. The van der Waals surface area contributed by atoms with E-state index in [9.17, 15) is 4.39 Å². The molecular weight excluding hydrogens is 251 g/mol. The number of pyridine rings is 1. The van der Waals surface area contributed by atoms with E-state index < -0.39 is 0 Å². The standard InChI is InChI=1S/C13H11FN2OS/c1-8-7-9(5-6-10(8)14)17-12-4-2-3-11(16-12)13(15)18/h2-7H,1H3,(H2,15,18). The second kappa shape index (κ2) is 5.10. The number of nitrogens with zero attached hydrogens (tertiary/aromatic N) is 1. The Kier molecular flexibility index (Phi) is 3.53. The van der Waals surface area contributed by atoms with Crippen molar-refractivity contribution in [3.63, 3.8) is 0 Å². The van der Waals surface area contributed by atoms with E-state index in [2.05, 4.69) is 4.98 Å². The number of benzene rings is 1. The molecule has 0 bridgehead atoms. The fraction of sp³-hybridized carbons (Fsp3) is 0.0769. The highest BCUT2D eigenvalue weighted by atomic mass is 32.1. The summed E-state index contributed by atoms with van der Waals surface area (Å²) in [5.41, 5.74) is 6.48. The van der Waals surface area contributed by atoms with Crippen LogP contribution in [0.5, 0.6) is 11.6 Å². The van der Waals surface area contributed by atoms with Gasteiger partial charge in [0, 0.05) is 6.07 Å². The first-order valence-electron chi connectivity index (χ1n) is 5.27. The molecule has 0 aliphatic carbocycles. The topological polar surface area (TPSA) is 48.1 Å². The molecule has 2 aromatic rings. The Balaban J connectivity index is 2.25. The van der Waals surface area contributed by atoms with Gasteiger partial charge in [-0.15, -0.1) is 0 Å². The minimum Gasteiger partial charge on any atom is -0.439 e. The minimum absolute atomic E-state index is 0.204. The fourth-order valence-corrected chi connectivity index (χ4v) is 1.52. The molecule has 92 valence electrons. The number of halogens is 1. The van der Waals surface area contributed by atoms with Crippen molar-refractivity contribution in [3.8, 4) is 11.6 Å². The number of aryl methyl sites for hydroxylation is 1. The van der Waals surface area contributed by atoms with Crippen LogP contribution in [0.1, 0.15) is 11.3 Å². The van der Waals surface area contributed by atoms with Gasteiger partial charge in [0.05, 0.1) is 0 Å². The molecular formula is C13H11FN2OS. The van der Waals surface area contributed by atoms with Crippen molar-refractivity contribution in [2.45, 2.75) is 6.92 Å². The molecule has 0 spiro atoms. The summed E-state index contributed by atoms with van der Waals surface area (Å²) in [7, 11) is 0. The molecule has 0 atom stereocenters. The van der Waals surface area contributed by atoms with E-state index in [-0.39, 0.29) is 10.8 Å². The molecule has 1 aromatic heterocycles. The Morgan fingerprint density at radius 3 is 2.78 bits per heavy atom. The lowest BCUT2D eigenvalue weighted by molar-refractivity contribution is 0.460. The van der Waals surface area contributed by atoms with Crippen LogP contribution < -0.4 is 10.5 Å². The lowest BCUT2D eigenvalue weighted by Gasteiger charge is -2.07. The maximum absolute atomic E-state index is 13.1. The highest BCUT2D eigenvalue weighted by Crippen LogP contribution is 2.21. The molecule has 0 aliphatic heterocycles. The maximum atomic E-state index is 13.1. The zero-order valence-corrected chi connectivity index (χ0v) is 10.5. The summed E-state index contributed by atoms with van der Waals surface area (Å²) in [4.78, 5) is 4.34. The number of aromatic nitrogens is 1. The van der Waals surface area contributed by atoms with Gasteiger partial charge in [-0.1, -0.05) is 18.3 Å². The van der Waals surface area contributed by atoms with Crippen LogP contribution in [0.15, 0.2) is 36.4 Å². The smallest absolute Gasteiger partial charge is 0.219 e. The van der Waals surface area contributed by atoms with E-state index >= 15 is 0 Å². The van der Waals surface area contributed by atoms with Crippen LogP contribution in [-0.2, 0) is 0 Å². The van der Waals surface area contributed by atoms with Gasteiger partial charge in [-0.3, -0.25) is 0 Å². The van der Waals surface area contributed by atoms with Gasteiger partial charge in [0.15, 0.2) is 0 Å². The summed E-state index contributed by atoms with van der Waals surface area (Å²) < 4.78 is 18.6. The molecule has 0 aliphatic rings. The highest BCUT2D eigenvalue weighted by molar-refractivity contribution is 7.80. The predicted octanol–water partition coefficient (Wildman–Crippen LogP) is 2.96. The van der Waals surface area contributed by atoms with Gasteiger partial charge in [-0.2, -0.15) is 0 Å². The summed E-state index contributed by atoms with van der Waals surface area (Å²) in [5, 5.41) is 0. The van der Waals surface area contributed by atoms with E-state index in [1.54, 1.807) is 31.2 Å². The molecule has 5 heteroatoms. The van der Waals surface area contributed by atoms with Gasteiger partial charge >= 0.3 is 0 Å². The molecule has 0 saturated carbocycles. The average Bonchev–Trinajstić information content (AvgIpc) is 2.34. The van der Waals surface area contributed by atoms with Crippen molar-refractivity contribution in [2.75, 3.05) is 0 Å².